The number of aromatic nitrogens is 6. The molecule has 0 saturated carbocycles. The highest BCUT2D eigenvalue weighted by Crippen LogP contribution is 2.28. The van der Waals surface area contributed by atoms with Gasteiger partial charge in [-0.3, -0.25) is 10.2 Å². The second kappa shape index (κ2) is 8.43. The molecule has 5 aromatic rings. The lowest BCUT2D eigenvalue weighted by molar-refractivity contribution is 1.09. The molecule has 0 saturated heterocycles. The molecule has 0 amide bonds. The van der Waals surface area contributed by atoms with Crippen LogP contribution in [0, 0.1) is 0 Å². The van der Waals surface area contributed by atoms with Gasteiger partial charge in [0.05, 0.1) is 0 Å². The summed E-state index contributed by atoms with van der Waals surface area (Å²) in [7, 11) is 0. The van der Waals surface area contributed by atoms with Gasteiger partial charge in [0.25, 0.3) is 0 Å². The van der Waals surface area contributed by atoms with E-state index in [0.29, 0.717) is 11.6 Å². The van der Waals surface area contributed by atoms with Crippen LogP contribution in [0.3, 0.4) is 0 Å². The van der Waals surface area contributed by atoms with Crippen LogP contribution in [0.25, 0.3) is 45.6 Å². The Kier molecular flexibility index (Phi) is 5.17. The van der Waals surface area contributed by atoms with E-state index in [2.05, 4.69) is 39.1 Å². The smallest absolute Gasteiger partial charge is 0.181 e. The molecule has 0 bridgehead atoms. The number of nitrogens with zero attached hydrogens (tertiary/aromatic N) is 4. The van der Waals surface area contributed by atoms with Crippen molar-refractivity contribution < 1.29 is 0 Å². The molecule has 6 nitrogen and oxygen atoms in total. The first kappa shape index (κ1) is 19.6. The second-order valence-electron chi connectivity index (χ2n) is 7.80. The maximum absolute atomic E-state index is 4.72. The van der Waals surface area contributed by atoms with E-state index in [0.717, 1.165) is 51.5 Å². The molecular formula is C26H22N6. The molecule has 156 valence electrons. The van der Waals surface area contributed by atoms with Crippen molar-refractivity contribution >= 4 is 0 Å². The van der Waals surface area contributed by atoms with Gasteiger partial charge in [0.1, 0.15) is 0 Å². The molecular weight excluding hydrogens is 396 g/mol. The van der Waals surface area contributed by atoms with Gasteiger partial charge in [0.2, 0.25) is 0 Å². The molecule has 0 aliphatic rings. The maximum Gasteiger partial charge on any atom is 0.181 e. The van der Waals surface area contributed by atoms with E-state index in [-0.39, 0.29) is 0 Å². The molecule has 0 atom stereocenters. The molecule has 0 spiro atoms. The summed E-state index contributed by atoms with van der Waals surface area (Å²) in [5.74, 6) is 2.73. The van der Waals surface area contributed by atoms with Gasteiger partial charge in [-0.05, 0) is 37.1 Å². The number of nitrogens with one attached hydrogen (secondary N) is 2. The highest BCUT2D eigenvalue weighted by atomic mass is 15.2. The largest absolute Gasteiger partial charge is 0.259 e. The first-order valence-corrected chi connectivity index (χ1v) is 10.4. The summed E-state index contributed by atoms with van der Waals surface area (Å²) >= 11 is 0. The van der Waals surface area contributed by atoms with Crippen LogP contribution < -0.4 is 0 Å². The van der Waals surface area contributed by atoms with Gasteiger partial charge < -0.3 is 0 Å². The number of benzene rings is 3. The third-order valence-electron chi connectivity index (χ3n) is 5.08. The molecule has 5 rings (SSSR count). The Bertz CT molecular complexity index is 1270. The minimum Gasteiger partial charge on any atom is -0.259 e. The zero-order chi connectivity index (χ0) is 21.9. The first-order chi connectivity index (χ1) is 15.7. The number of aromatic amines is 2. The molecule has 3 aromatic carbocycles. The van der Waals surface area contributed by atoms with Crippen LogP contribution in [0.15, 0.2) is 91.0 Å². The van der Waals surface area contributed by atoms with Gasteiger partial charge in [-0.15, -0.1) is 0 Å². The summed E-state index contributed by atoms with van der Waals surface area (Å²) in [5.41, 5.74) is 5.98. The summed E-state index contributed by atoms with van der Waals surface area (Å²) in [4.78, 5) is 9.44. The van der Waals surface area contributed by atoms with E-state index >= 15 is 0 Å². The molecule has 32 heavy (non-hydrogen) atoms. The molecule has 2 N–H and O–H groups in total. The van der Waals surface area contributed by atoms with Crippen LogP contribution in [0.2, 0.25) is 0 Å². The number of allylic oxidation sites excluding steroid dienone is 1. The zero-order valence-corrected chi connectivity index (χ0v) is 17.7. The van der Waals surface area contributed by atoms with E-state index in [1.165, 1.54) is 0 Å². The molecule has 0 radical (unpaired) electrons. The van der Waals surface area contributed by atoms with Gasteiger partial charge in [-0.25, -0.2) is 9.97 Å². The topological polar surface area (TPSA) is 83.1 Å². The summed E-state index contributed by atoms with van der Waals surface area (Å²) in [6, 6.07) is 26.1. The van der Waals surface area contributed by atoms with Crippen molar-refractivity contribution in [1.82, 2.24) is 30.4 Å². The van der Waals surface area contributed by atoms with E-state index in [9.17, 15) is 0 Å². The van der Waals surface area contributed by atoms with Crippen molar-refractivity contribution in [1.29, 1.82) is 0 Å². The van der Waals surface area contributed by atoms with Crippen molar-refractivity contribution in [2.24, 2.45) is 0 Å². The first-order valence-electron chi connectivity index (χ1n) is 10.4. The standard InChI is InChI=1S/C26H22N6/c1-17(2)13-18-14-21(25-27-23(29-31-25)19-9-5-3-6-10-19)16-22(15-18)26-28-24(30-32-26)20-11-7-4-8-12-20/h3-12,14-16H,1,13H2,2H3,(H,27,29,31)(H,28,30,32). The van der Waals surface area contributed by atoms with Crippen LogP contribution in [-0.4, -0.2) is 30.4 Å². The lowest BCUT2D eigenvalue weighted by atomic mass is 10.0. The average molecular weight is 419 g/mol. The lowest BCUT2D eigenvalue weighted by Gasteiger charge is -2.06. The Morgan fingerprint density at radius 1 is 0.688 bits per heavy atom. The fourth-order valence-electron chi connectivity index (χ4n) is 3.63. The van der Waals surface area contributed by atoms with E-state index in [1.54, 1.807) is 0 Å². The highest BCUT2D eigenvalue weighted by Gasteiger charge is 2.14. The predicted molar refractivity (Wildman–Crippen MR) is 127 cm³/mol. The van der Waals surface area contributed by atoms with E-state index in [4.69, 9.17) is 9.97 Å². The van der Waals surface area contributed by atoms with Crippen molar-refractivity contribution in [3.05, 3.63) is 96.6 Å². The summed E-state index contributed by atoms with van der Waals surface area (Å²) in [6.07, 6.45) is 0.757. The Morgan fingerprint density at radius 3 is 1.59 bits per heavy atom. The van der Waals surface area contributed by atoms with Gasteiger partial charge in [0.15, 0.2) is 23.3 Å². The Labute approximate surface area is 186 Å². The van der Waals surface area contributed by atoms with Gasteiger partial charge >= 0.3 is 0 Å². The fourth-order valence-corrected chi connectivity index (χ4v) is 3.63. The van der Waals surface area contributed by atoms with Crippen molar-refractivity contribution in [2.45, 2.75) is 13.3 Å². The number of hydrogen-bond acceptors (Lipinski definition) is 4. The normalized spacial score (nSPS) is 10.9. The molecule has 0 unspecified atom stereocenters. The number of H-pyrrole nitrogens is 2. The summed E-state index contributed by atoms with van der Waals surface area (Å²) in [5, 5.41) is 15.0. The summed E-state index contributed by atoms with van der Waals surface area (Å²) < 4.78 is 0. The van der Waals surface area contributed by atoms with Gasteiger partial charge in [0, 0.05) is 22.3 Å². The van der Waals surface area contributed by atoms with Crippen molar-refractivity contribution in [3.63, 3.8) is 0 Å². The van der Waals surface area contributed by atoms with Crippen LogP contribution in [0.1, 0.15) is 12.5 Å². The Balaban J connectivity index is 1.55. The SMILES string of the molecule is C=C(C)Cc1cc(-c2n[nH]c(-c3ccccc3)n2)cc(-c2n[nH]c(-c3ccccc3)n2)c1. The third-order valence-corrected chi connectivity index (χ3v) is 5.08. The van der Waals surface area contributed by atoms with E-state index < -0.39 is 0 Å². The minimum absolute atomic E-state index is 0.632. The Morgan fingerprint density at radius 2 is 1.16 bits per heavy atom. The van der Waals surface area contributed by atoms with Crippen LogP contribution in [0.4, 0.5) is 0 Å². The number of rotatable bonds is 6. The van der Waals surface area contributed by atoms with E-state index in [1.807, 2.05) is 73.7 Å². The fraction of sp³-hybridized carbons (Fsp3) is 0.0769. The molecule has 2 heterocycles. The predicted octanol–water partition coefficient (Wildman–Crippen LogP) is 5.71. The zero-order valence-electron chi connectivity index (χ0n) is 17.7. The van der Waals surface area contributed by atoms with Crippen molar-refractivity contribution in [3.8, 4) is 45.6 Å². The molecule has 6 heteroatoms. The van der Waals surface area contributed by atoms with Gasteiger partial charge in [-0.2, -0.15) is 10.2 Å². The molecule has 0 aliphatic heterocycles. The molecule has 0 aliphatic carbocycles. The van der Waals surface area contributed by atoms with Crippen LogP contribution in [0.5, 0.6) is 0 Å². The Hall–Kier alpha value is -4.32. The van der Waals surface area contributed by atoms with Crippen LogP contribution in [-0.2, 0) is 6.42 Å². The monoisotopic (exact) mass is 418 g/mol. The van der Waals surface area contributed by atoms with Crippen LogP contribution >= 0.6 is 0 Å². The molecule has 0 fully saturated rings. The number of hydrogen-bond donors (Lipinski definition) is 2. The van der Waals surface area contributed by atoms with Gasteiger partial charge in [-0.1, -0.05) is 72.8 Å². The quantitative estimate of drug-likeness (QED) is 0.346. The molecule has 2 aromatic heterocycles. The second-order valence-corrected chi connectivity index (χ2v) is 7.80. The van der Waals surface area contributed by atoms with Crippen molar-refractivity contribution in [2.75, 3.05) is 0 Å². The lowest BCUT2D eigenvalue weighted by Crippen LogP contribution is -1.92. The minimum atomic E-state index is 0.632. The maximum atomic E-state index is 4.72. The average Bonchev–Trinajstić information content (AvgIpc) is 3.50. The summed E-state index contributed by atoms with van der Waals surface area (Å²) in [6.45, 7) is 6.09. The third kappa shape index (κ3) is 4.11. The highest BCUT2D eigenvalue weighted by molar-refractivity contribution is 5.70.